The summed E-state index contributed by atoms with van der Waals surface area (Å²) in [7, 11) is 0. The summed E-state index contributed by atoms with van der Waals surface area (Å²) in [4.78, 5) is 20.2. The number of aromatic nitrogens is 1. The van der Waals surface area contributed by atoms with Gasteiger partial charge in [-0.3, -0.25) is 4.79 Å². The van der Waals surface area contributed by atoms with Crippen LogP contribution in [0.3, 0.4) is 0 Å². The normalized spacial score (nSPS) is 13.9. The van der Waals surface area contributed by atoms with Crippen molar-refractivity contribution in [1.82, 2.24) is 9.88 Å². The molecule has 0 aliphatic carbocycles. The van der Waals surface area contributed by atoms with Crippen molar-refractivity contribution in [3.63, 3.8) is 0 Å². The van der Waals surface area contributed by atoms with Crippen LogP contribution in [0.4, 0.5) is 5.82 Å². The van der Waals surface area contributed by atoms with E-state index in [1.165, 1.54) is 10.4 Å². The van der Waals surface area contributed by atoms with Gasteiger partial charge in [0.25, 0.3) is 5.91 Å². The average Bonchev–Trinajstić information content (AvgIpc) is 3.00. The number of nitrogens with zero attached hydrogens (tertiary/aromatic N) is 2. The van der Waals surface area contributed by atoms with Gasteiger partial charge in [-0.15, -0.1) is 11.3 Å². The molecule has 0 fully saturated rings. The van der Waals surface area contributed by atoms with E-state index in [4.69, 9.17) is 0 Å². The van der Waals surface area contributed by atoms with Crippen LogP contribution in [0.25, 0.3) is 0 Å². The summed E-state index contributed by atoms with van der Waals surface area (Å²) in [6, 6.07) is 5.77. The van der Waals surface area contributed by atoms with Crippen LogP contribution in [-0.4, -0.2) is 28.9 Å². The molecule has 2 aromatic rings. The molecule has 0 unspecified atom stereocenters. The molecule has 5 heteroatoms. The molecule has 1 amide bonds. The highest BCUT2D eigenvalue weighted by Gasteiger charge is 2.22. The van der Waals surface area contributed by atoms with Crippen LogP contribution in [0.5, 0.6) is 0 Å². The van der Waals surface area contributed by atoms with Crippen molar-refractivity contribution < 1.29 is 4.79 Å². The molecule has 1 N–H and O–H groups in total. The molecule has 1 aliphatic heterocycles. The Hall–Kier alpha value is -1.88. The minimum absolute atomic E-state index is 0.0915. The molecule has 3 rings (SSSR count). The SMILES string of the molecule is CCCNc1cc(C(=O)N2CCc3sccc3C2)ccn1. The summed E-state index contributed by atoms with van der Waals surface area (Å²) in [5.74, 6) is 0.865. The van der Waals surface area contributed by atoms with Crippen LogP contribution in [-0.2, 0) is 13.0 Å². The molecule has 4 nitrogen and oxygen atoms in total. The highest BCUT2D eigenvalue weighted by molar-refractivity contribution is 7.10. The van der Waals surface area contributed by atoms with Gasteiger partial charge in [-0.2, -0.15) is 0 Å². The Balaban J connectivity index is 1.73. The fraction of sp³-hybridized carbons (Fsp3) is 0.375. The maximum absolute atomic E-state index is 12.6. The van der Waals surface area contributed by atoms with Gasteiger partial charge in [0.15, 0.2) is 0 Å². The topological polar surface area (TPSA) is 45.2 Å². The number of thiophene rings is 1. The fourth-order valence-corrected chi connectivity index (χ4v) is 3.41. The third kappa shape index (κ3) is 3.08. The third-order valence-electron chi connectivity index (χ3n) is 3.66. The second kappa shape index (κ2) is 6.26. The van der Waals surface area contributed by atoms with E-state index in [1.807, 2.05) is 11.0 Å². The lowest BCUT2D eigenvalue weighted by Crippen LogP contribution is -2.35. The number of rotatable bonds is 4. The minimum Gasteiger partial charge on any atom is -0.370 e. The number of pyridine rings is 1. The average molecular weight is 301 g/mol. The van der Waals surface area contributed by atoms with Crippen molar-refractivity contribution >= 4 is 23.1 Å². The molecule has 0 spiro atoms. The number of carbonyl (C=O) groups is 1. The number of carbonyl (C=O) groups excluding carboxylic acids is 1. The van der Waals surface area contributed by atoms with Gasteiger partial charge in [0.1, 0.15) is 5.82 Å². The van der Waals surface area contributed by atoms with E-state index in [1.54, 1.807) is 23.6 Å². The van der Waals surface area contributed by atoms with Crippen LogP contribution >= 0.6 is 11.3 Å². The Morgan fingerprint density at radius 1 is 1.48 bits per heavy atom. The summed E-state index contributed by atoms with van der Waals surface area (Å²) in [5, 5.41) is 5.33. The molecule has 1 aliphatic rings. The van der Waals surface area contributed by atoms with Crippen molar-refractivity contribution in [3.8, 4) is 0 Å². The summed E-state index contributed by atoms with van der Waals surface area (Å²) >= 11 is 1.79. The Kier molecular flexibility index (Phi) is 4.20. The second-order valence-corrected chi connectivity index (χ2v) is 6.20. The van der Waals surface area contributed by atoms with Crippen LogP contribution < -0.4 is 5.32 Å². The van der Waals surface area contributed by atoms with Gasteiger partial charge in [-0.25, -0.2) is 4.98 Å². The quantitative estimate of drug-likeness (QED) is 0.943. The molecule has 0 radical (unpaired) electrons. The Bertz CT molecular complexity index is 638. The molecule has 0 saturated carbocycles. The van der Waals surface area contributed by atoms with Crippen molar-refractivity contribution in [1.29, 1.82) is 0 Å². The van der Waals surface area contributed by atoms with E-state index < -0.39 is 0 Å². The zero-order chi connectivity index (χ0) is 14.7. The van der Waals surface area contributed by atoms with Crippen LogP contribution in [0, 0.1) is 0 Å². The molecule has 0 saturated heterocycles. The van der Waals surface area contributed by atoms with Gasteiger partial charge in [0, 0.05) is 36.3 Å². The molecule has 0 bridgehead atoms. The standard InChI is InChI=1S/C16H19N3OS/c1-2-6-17-15-10-12(3-7-18-15)16(20)19-8-4-14-13(11-19)5-9-21-14/h3,5,7,9-10H,2,4,6,8,11H2,1H3,(H,17,18). The van der Waals surface area contributed by atoms with Gasteiger partial charge in [-0.05, 0) is 42.0 Å². The van der Waals surface area contributed by atoms with E-state index in [-0.39, 0.29) is 5.91 Å². The number of hydrogen-bond donors (Lipinski definition) is 1. The summed E-state index contributed by atoms with van der Waals surface area (Å²) < 4.78 is 0. The van der Waals surface area contributed by atoms with Gasteiger partial charge in [0.05, 0.1) is 0 Å². The second-order valence-electron chi connectivity index (χ2n) is 5.20. The van der Waals surface area contributed by atoms with Crippen LogP contribution in [0.2, 0.25) is 0 Å². The Morgan fingerprint density at radius 3 is 3.24 bits per heavy atom. The van der Waals surface area contributed by atoms with E-state index in [0.29, 0.717) is 5.56 Å². The number of anilines is 1. The zero-order valence-electron chi connectivity index (χ0n) is 12.1. The third-order valence-corrected chi connectivity index (χ3v) is 4.68. The molecular weight excluding hydrogens is 282 g/mol. The fourth-order valence-electron chi connectivity index (χ4n) is 2.52. The predicted molar refractivity (Wildman–Crippen MR) is 85.8 cm³/mol. The van der Waals surface area contributed by atoms with Crippen molar-refractivity contribution in [3.05, 3.63) is 45.8 Å². The van der Waals surface area contributed by atoms with Crippen molar-refractivity contribution in [2.45, 2.75) is 26.3 Å². The summed E-state index contributed by atoms with van der Waals surface area (Å²) in [6.07, 6.45) is 3.70. The molecule has 0 aromatic carbocycles. The van der Waals surface area contributed by atoms with Gasteiger partial charge in [0.2, 0.25) is 0 Å². The summed E-state index contributed by atoms with van der Waals surface area (Å²) in [5.41, 5.74) is 2.00. The molecule has 0 atom stereocenters. The number of fused-ring (bicyclic) bond motifs is 1. The highest BCUT2D eigenvalue weighted by Crippen LogP contribution is 2.25. The number of nitrogens with one attached hydrogen (secondary N) is 1. The summed E-state index contributed by atoms with van der Waals surface area (Å²) in [6.45, 7) is 4.49. The maximum Gasteiger partial charge on any atom is 0.254 e. The first kappa shape index (κ1) is 14.1. The van der Waals surface area contributed by atoms with E-state index in [9.17, 15) is 4.79 Å². The lowest BCUT2D eigenvalue weighted by Gasteiger charge is -2.27. The monoisotopic (exact) mass is 301 g/mol. The lowest BCUT2D eigenvalue weighted by molar-refractivity contribution is 0.0736. The van der Waals surface area contributed by atoms with Crippen molar-refractivity contribution in [2.24, 2.45) is 0 Å². The highest BCUT2D eigenvalue weighted by atomic mass is 32.1. The number of hydrogen-bond acceptors (Lipinski definition) is 4. The first-order valence-corrected chi connectivity index (χ1v) is 8.20. The van der Waals surface area contributed by atoms with E-state index in [0.717, 1.165) is 38.3 Å². The molecular formula is C16H19N3OS. The van der Waals surface area contributed by atoms with Crippen LogP contribution in [0.15, 0.2) is 29.8 Å². The van der Waals surface area contributed by atoms with Gasteiger partial charge >= 0.3 is 0 Å². The smallest absolute Gasteiger partial charge is 0.254 e. The Labute approximate surface area is 128 Å². The largest absolute Gasteiger partial charge is 0.370 e. The van der Waals surface area contributed by atoms with Crippen molar-refractivity contribution in [2.75, 3.05) is 18.4 Å². The first-order chi connectivity index (χ1) is 10.3. The van der Waals surface area contributed by atoms with E-state index in [2.05, 4.69) is 28.7 Å². The maximum atomic E-state index is 12.6. The van der Waals surface area contributed by atoms with Gasteiger partial charge < -0.3 is 10.2 Å². The molecule has 21 heavy (non-hydrogen) atoms. The zero-order valence-corrected chi connectivity index (χ0v) is 12.9. The Morgan fingerprint density at radius 2 is 2.38 bits per heavy atom. The van der Waals surface area contributed by atoms with E-state index >= 15 is 0 Å². The minimum atomic E-state index is 0.0915. The lowest BCUT2D eigenvalue weighted by atomic mass is 10.1. The first-order valence-electron chi connectivity index (χ1n) is 7.32. The number of amides is 1. The molecule has 2 aromatic heterocycles. The van der Waals surface area contributed by atoms with Crippen LogP contribution in [0.1, 0.15) is 34.1 Å². The molecule has 3 heterocycles. The predicted octanol–water partition coefficient (Wildman–Crippen LogP) is 3.16. The molecule has 110 valence electrons. The van der Waals surface area contributed by atoms with Gasteiger partial charge in [-0.1, -0.05) is 6.92 Å².